The third kappa shape index (κ3) is 4.48. The standard InChI is InChI=1S/C26H22ClF2N5O3/c1-3-34-24(35)19-10-17(29)9-18(13(2)30-20-6-7-21(27)31-23(20)25(36)37)22(19)32-26(34)33-11-14-4-5-16(28)8-15(14)12-33/h4-10,13,30H,3,11-12H2,1-2H3,(H,36,37)/t13-/m1/s1. The first kappa shape index (κ1) is 24.6. The number of benzene rings is 2. The van der Waals surface area contributed by atoms with E-state index >= 15 is 0 Å². The van der Waals surface area contributed by atoms with E-state index in [1.54, 1.807) is 19.9 Å². The predicted molar refractivity (Wildman–Crippen MR) is 136 cm³/mol. The Hall–Kier alpha value is -4.05. The third-order valence-corrected chi connectivity index (χ3v) is 6.64. The van der Waals surface area contributed by atoms with Crippen LogP contribution in [0.15, 0.2) is 47.3 Å². The molecule has 0 amide bonds. The number of hydrogen-bond donors (Lipinski definition) is 2. The van der Waals surface area contributed by atoms with Gasteiger partial charge in [0.25, 0.3) is 5.56 Å². The van der Waals surface area contributed by atoms with Gasteiger partial charge in [-0.1, -0.05) is 17.7 Å². The van der Waals surface area contributed by atoms with Gasteiger partial charge in [-0.15, -0.1) is 0 Å². The molecule has 1 aliphatic heterocycles. The second-order valence-corrected chi connectivity index (χ2v) is 9.21. The van der Waals surface area contributed by atoms with Crippen LogP contribution < -0.4 is 15.8 Å². The molecule has 2 aromatic heterocycles. The molecular formula is C26H22ClF2N5O3. The van der Waals surface area contributed by atoms with E-state index in [-0.39, 0.29) is 33.3 Å². The van der Waals surface area contributed by atoms with Gasteiger partial charge in [-0.25, -0.2) is 23.5 Å². The van der Waals surface area contributed by atoms with Crippen LogP contribution in [0.5, 0.6) is 0 Å². The van der Waals surface area contributed by atoms with Gasteiger partial charge in [0.15, 0.2) is 5.69 Å². The number of carbonyl (C=O) groups is 1. The highest BCUT2D eigenvalue weighted by Gasteiger charge is 2.26. The fourth-order valence-electron chi connectivity index (χ4n) is 4.69. The number of pyridine rings is 1. The first-order chi connectivity index (χ1) is 17.7. The lowest BCUT2D eigenvalue weighted by molar-refractivity contribution is 0.0691. The summed E-state index contributed by atoms with van der Waals surface area (Å²) in [4.78, 5) is 35.7. The fourth-order valence-corrected chi connectivity index (χ4v) is 4.84. The summed E-state index contributed by atoms with van der Waals surface area (Å²) in [5.74, 6) is -1.86. The van der Waals surface area contributed by atoms with Crippen LogP contribution in [0.1, 0.15) is 47.1 Å². The molecule has 5 rings (SSSR count). The molecule has 3 heterocycles. The van der Waals surface area contributed by atoms with Crippen LogP contribution in [0.2, 0.25) is 5.15 Å². The summed E-state index contributed by atoms with van der Waals surface area (Å²) in [6.45, 7) is 4.61. The number of nitrogens with one attached hydrogen (secondary N) is 1. The normalized spacial score (nSPS) is 13.6. The van der Waals surface area contributed by atoms with Crippen molar-refractivity contribution in [2.24, 2.45) is 0 Å². The topological polar surface area (TPSA) is 100 Å². The highest BCUT2D eigenvalue weighted by Crippen LogP contribution is 2.31. The van der Waals surface area contributed by atoms with Crippen molar-refractivity contribution in [3.8, 4) is 0 Å². The largest absolute Gasteiger partial charge is 0.476 e. The number of nitrogens with zero attached hydrogens (tertiary/aromatic N) is 4. The van der Waals surface area contributed by atoms with Crippen LogP contribution in [0.25, 0.3) is 10.9 Å². The summed E-state index contributed by atoms with van der Waals surface area (Å²) < 4.78 is 30.0. The molecule has 11 heteroatoms. The number of hydrogen-bond acceptors (Lipinski definition) is 6. The van der Waals surface area contributed by atoms with Crippen LogP contribution >= 0.6 is 11.6 Å². The first-order valence-corrected chi connectivity index (χ1v) is 12.0. The minimum Gasteiger partial charge on any atom is -0.476 e. The molecule has 2 N–H and O–H groups in total. The van der Waals surface area contributed by atoms with Crippen molar-refractivity contribution in [1.82, 2.24) is 14.5 Å². The molecule has 8 nitrogen and oxygen atoms in total. The monoisotopic (exact) mass is 525 g/mol. The van der Waals surface area contributed by atoms with E-state index in [2.05, 4.69) is 10.3 Å². The van der Waals surface area contributed by atoms with Gasteiger partial charge in [-0.3, -0.25) is 9.36 Å². The Balaban J connectivity index is 1.62. The molecule has 0 spiro atoms. The number of aromatic carboxylic acids is 1. The molecule has 1 aliphatic rings. The summed E-state index contributed by atoms with van der Waals surface area (Å²) in [6, 6.07) is 9.26. The van der Waals surface area contributed by atoms with E-state index in [9.17, 15) is 23.5 Å². The zero-order chi connectivity index (χ0) is 26.4. The van der Waals surface area contributed by atoms with Crippen molar-refractivity contribution in [3.63, 3.8) is 0 Å². The molecule has 4 aromatic rings. The van der Waals surface area contributed by atoms with Gasteiger partial charge in [0.05, 0.1) is 22.6 Å². The molecule has 1 atom stereocenters. The van der Waals surface area contributed by atoms with Crippen LogP contribution in [0.3, 0.4) is 0 Å². The van der Waals surface area contributed by atoms with Crippen molar-refractivity contribution in [2.45, 2.75) is 39.5 Å². The number of anilines is 2. The minimum absolute atomic E-state index is 0.0183. The minimum atomic E-state index is -1.28. The molecule has 0 fully saturated rings. The van der Waals surface area contributed by atoms with Gasteiger partial charge < -0.3 is 15.3 Å². The molecule has 0 unspecified atom stereocenters. The van der Waals surface area contributed by atoms with Crippen molar-refractivity contribution >= 4 is 40.1 Å². The molecule has 37 heavy (non-hydrogen) atoms. The van der Waals surface area contributed by atoms with Gasteiger partial charge in [0.2, 0.25) is 5.95 Å². The Morgan fingerprint density at radius 3 is 2.59 bits per heavy atom. The lowest BCUT2D eigenvalue weighted by Gasteiger charge is -2.23. The number of carboxylic acid groups (broad SMARTS) is 1. The predicted octanol–water partition coefficient (Wildman–Crippen LogP) is 5.13. The van der Waals surface area contributed by atoms with Gasteiger partial charge in [0, 0.05) is 25.2 Å². The quantitative estimate of drug-likeness (QED) is 0.336. The van der Waals surface area contributed by atoms with E-state index in [0.717, 1.165) is 17.2 Å². The average molecular weight is 526 g/mol. The number of carboxylic acids is 1. The van der Waals surface area contributed by atoms with E-state index in [0.29, 0.717) is 31.1 Å². The highest BCUT2D eigenvalue weighted by molar-refractivity contribution is 6.29. The lowest BCUT2D eigenvalue weighted by Crippen LogP contribution is -2.30. The third-order valence-electron chi connectivity index (χ3n) is 6.43. The number of rotatable bonds is 6. The van der Waals surface area contributed by atoms with Gasteiger partial charge in [-0.2, -0.15) is 0 Å². The van der Waals surface area contributed by atoms with E-state index in [1.807, 2.05) is 4.90 Å². The second kappa shape index (κ2) is 9.44. The summed E-state index contributed by atoms with van der Waals surface area (Å²) in [5, 5.41) is 12.7. The molecule has 0 radical (unpaired) electrons. The van der Waals surface area contributed by atoms with Crippen molar-refractivity contribution in [3.05, 3.63) is 92.0 Å². The number of fused-ring (bicyclic) bond motifs is 2. The van der Waals surface area contributed by atoms with E-state index in [4.69, 9.17) is 16.6 Å². The fraction of sp³-hybridized carbons (Fsp3) is 0.231. The summed E-state index contributed by atoms with van der Waals surface area (Å²) >= 11 is 5.86. The Kier molecular flexibility index (Phi) is 6.28. The molecule has 2 aromatic carbocycles. The summed E-state index contributed by atoms with van der Waals surface area (Å²) in [5.41, 5.74) is 1.88. The van der Waals surface area contributed by atoms with Crippen molar-refractivity contribution < 1.29 is 18.7 Å². The molecule has 0 bridgehead atoms. The van der Waals surface area contributed by atoms with Crippen molar-refractivity contribution in [1.29, 1.82) is 0 Å². The van der Waals surface area contributed by atoms with Gasteiger partial charge in [-0.05, 0) is 61.4 Å². The van der Waals surface area contributed by atoms with Crippen LogP contribution in [-0.2, 0) is 19.6 Å². The molecule has 0 saturated carbocycles. The van der Waals surface area contributed by atoms with E-state index in [1.165, 1.54) is 34.9 Å². The second-order valence-electron chi connectivity index (χ2n) is 8.82. The molecule has 190 valence electrons. The number of halogens is 3. The Morgan fingerprint density at radius 2 is 1.86 bits per heavy atom. The summed E-state index contributed by atoms with van der Waals surface area (Å²) in [7, 11) is 0. The highest BCUT2D eigenvalue weighted by atomic mass is 35.5. The Bertz CT molecular complexity index is 1620. The zero-order valence-electron chi connectivity index (χ0n) is 19.9. The van der Waals surface area contributed by atoms with E-state index < -0.39 is 23.4 Å². The van der Waals surface area contributed by atoms with Crippen LogP contribution in [-0.4, -0.2) is 25.6 Å². The van der Waals surface area contributed by atoms with Gasteiger partial charge >= 0.3 is 5.97 Å². The molecule has 0 saturated heterocycles. The first-order valence-electron chi connectivity index (χ1n) is 11.6. The average Bonchev–Trinajstić information content (AvgIpc) is 3.27. The lowest BCUT2D eigenvalue weighted by atomic mass is 10.0. The maximum atomic E-state index is 14.7. The Labute approximate surface area is 215 Å². The van der Waals surface area contributed by atoms with Crippen LogP contribution in [0.4, 0.5) is 20.4 Å². The molecule has 0 aliphatic carbocycles. The van der Waals surface area contributed by atoms with Crippen molar-refractivity contribution in [2.75, 3.05) is 10.2 Å². The van der Waals surface area contributed by atoms with Crippen LogP contribution in [0, 0.1) is 11.6 Å². The molecular weight excluding hydrogens is 504 g/mol. The maximum absolute atomic E-state index is 14.7. The van der Waals surface area contributed by atoms with Gasteiger partial charge in [0.1, 0.15) is 16.8 Å². The zero-order valence-corrected chi connectivity index (χ0v) is 20.7. The number of aromatic nitrogens is 3. The summed E-state index contributed by atoms with van der Waals surface area (Å²) in [6.07, 6.45) is 0. The Morgan fingerprint density at radius 1 is 1.11 bits per heavy atom. The SMILES string of the molecule is CCn1c(N2Cc3ccc(F)cc3C2)nc2c([C@@H](C)Nc3ccc(Cl)nc3C(=O)O)cc(F)cc2c1=O. The maximum Gasteiger partial charge on any atom is 0.356 e. The smallest absolute Gasteiger partial charge is 0.356 e.